The first kappa shape index (κ1) is 76.0. The number of nitrogens with zero attached hydrogens (tertiary/aromatic N) is 1. The van der Waals surface area contributed by atoms with Crippen molar-refractivity contribution in [3.8, 4) is 0 Å². The van der Waals surface area contributed by atoms with Crippen molar-refractivity contribution in [2.24, 2.45) is 0 Å². The van der Waals surface area contributed by atoms with Crippen LogP contribution in [-0.4, -0.2) is 70.0 Å². The van der Waals surface area contributed by atoms with Gasteiger partial charge in [0.15, 0.2) is 6.10 Å². The molecule has 0 aromatic heterocycles. The lowest BCUT2D eigenvalue weighted by Crippen LogP contribution is -2.37. The van der Waals surface area contributed by atoms with Gasteiger partial charge in [-0.05, 0) is 12.8 Å². The summed E-state index contributed by atoms with van der Waals surface area (Å²) in [5, 5.41) is 0. The SMILES string of the molecule is CCCCCCCCCCCCCCCCCCCCCCCCCCCCCCCCCCCCCCCCCC(=O)OC(COC(=O)CCCCCCCCCCCCCCCC)COP(=O)([O-])OCC[N+](C)(C)C. The molecule has 0 bridgehead atoms. The number of esters is 2. The Morgan fingerprint density at radius 1 is 0.351 bits per heavy atom. The molecule has 77 heavy (non-hydrogen) atoms. The van der Waals surface area contributed by atoms with Crippen LogP contribution in [0.3, 0.4) is 0 Å². The third-order valence-corrected chi connectivity index (χ3v) is 16.8. The normalized spacial score (nSPS) is 13.1. The molecule has 0 N–H and O–H groups in total. The van der Waals surface area contributed by atoms with Crippen LogP contribution in [0.15, 0.2) is 0 Å². The third-order valence-electron chi connectivity index (χ3n) is 15.9. The Kier molecular flexibility index (Phi) is 58.9. The van der Waals surface area contributed by atoms with Gasteiger partial charge in [-0.2, -0.15) is 0 Å². The molecule has 0 aliphatic carbocycles. The molecule has 9 nitrogen and oxygen atoms in total. The van der Waals surface area contributed by atoms with E-state index in [1.807, 2.05) is 21.1 Å². The highest BCUT2D eigenvalue weighted by atomic mass is 31.2. The molecule has 2 unspecified atom stereocenters. The minimum Gasteiger partial charge on any atom is -0.756 e. The molecule has 0 aliphatic heterocycles. The molecule has 0 saturated carbocycles. The maximum absolute atomic E-state index is 12.8. The van der Waals surface area contributed by atoms with Crippen LogP contribution in [0.5, 0.6) is 0 Å². The quantitative estimate of drug-likeness (QED) is 0.0256. The summed E-state index contributed by atoms with van der Waals surface area (Å²) in [5.74, 6) is -0.809. The van der Waals surface area contributed by atoms with Crippen molar-refractivity contribution in [3.63, 3.8) is 0 Å². The lowest BCUT2D eigenvalue weighted by molar-refractivity contribution is -0.870. The molecule has 0 heterocycles. The average molecular weight is 1110 g/mol. The van der Waals surface area contributed by atoms with Crippen molar-refractivity contribution >= 4 is 19.8 Å². The fourth-order valence-corrected chi connectivity index (χ4v) is 11.3. The van der Waals surface area contributed by atoms with Crippen molar-refractivity contribution in [1.82, 2.24) is 0 Å². The van der Waals surface area contributed by atoms with E-state index in [4.69, 9.17) is 18.5 Å². The van der Waals surface area contributed by atoms with Crippen molar-refractivity contribution in [2.45, 2.75) is 373 Å². The van der Waals surface area contributed by atoms with E-state index in [0.29, 0.717) is 17.4 Å². The molecule has 0 rings (SSSR count). The molecule has 0 aromatic carbocycles. The molecule has 460 valence electrons. The van der Waals surface area contributed by atoms with Gasteiger partial charge in [0, 0.05) is 12.8 Å². The number of phosphoric acid groups is 1. The Hall–Kier alpha value is -0.990. The lowest BCUT2D eigenvalue weighted by atomic mass is 10.0. The fraction of sp³-hybridized carbons (Fsp3) is 0.970. The first-order valence-corrected chi connectivity index (χ1v) is 35.7. The van der Waals surface area contributed by atoms with Gasteiger partial charge in [-0.15, -0.1) is 0 Å². The second-order valence-corrected chi connectivity index (χ2v) is 26.3. The maximum atomic E-state index is 12.8. The molecule has 0 aliphatic rings. The smallest absolute Gasteiger partial charge is 0.306 e. The van der Waals surface area contributed by atoms with Crippen LogP contribution in [-0.2, 0) is 32.7 Å². The minimum atomic E-state index is -4.63. The van der Waals surface area contributed by atoms with Gasteiger partial charge in [0.1, 0.15) is 19.8 Å². The highest BCUT2D eigenvalue weighted by molar-refractivity contribution is 7.45. The number of carbonyl (C=O) groups excluding carboxylic acids is 2. The van der Waals surface area contributed by atoms with Gasteiger partial charge in [-0.25, -0.2) is 0 Å². The molecule has 0 spiro atoms. The molecule has 0 amide bonds. The maximum Gasteiger partial charge on any atom is 0.306 e. The van der Waals surface area contributed by atoms with E-state index in [9.17, 15) is 19.0 Å². The van der Waals surface area contributed by atoms with Gasteiger partial charge in [0.25, 0.3) is 7.82 Å². The Morgan fingerprint density at radius 3 is 0.831 bits per heavy atom. The van der Waals surface area contributed by atoms with Gasteiger partial charge in [0.2, 0.25) is 0 Å². The standard InChI is InChI=1S/C67H134NO8P/c1-6-8-10-12-14-16-18-20-22-23-24-25-26-27-28-29-30-31-32-33-34-35-36-37-38-39-40-41-42-43-44-45-46-48-50-52-54-56-58-60-67(70)76-65(64-75-77(71,72)74-62-61-68(3,4)5)63-73-66(69)59-57-55-53-51-49-47-21-19-17-15-13-11-9-7-2/h65H,6-64H2,1-5H3. The van der Waals surface area contributed by atoms with Crippen molar-refractivity contribution in [1.29, 1.82) is 0 Å². The van der Waals surface area contributed by atoms with E-state index in [-0.39, 0.29) is 32.0 Å². The van der Waals surface area contributed by atoms with E-state index in [0.717, 1.165) is 32.1 Å². The first-order valence-electron chi connectivity index (χ1n) is 34.2. The predicted molar refractivity (Wildman–Crippen MR) is 329 cm³/mol. The van der Waals surface area contributed by atoms with Crippen LogP contribution in [0.1, 0.15) is 367 Å². The predicted octanol–water partition coefficient (Wildman–Crippen LogP) is 21.1. The molecular formula is C67H134NO8P. The van der Waals surface area contributed by atoms with E-state index in [1.165, 1.54) is 302 Å². The molecular weight excluding hydrogens is 978 g/mol. The van der Waals surface area contributed by atoms with Crippen LogP contribution in [0.4, 0.5) is 0 Å². The Bertz CT molecular complexity index is 1260. The van der Waals surface area contributed by atoms with Crippen LogP contribution < -0.4 is 4.89 Å². The van der Waals surface area contributed by atoms with Crippen LogP contribution in [0.25, 0.3) is 0 Å². The summed E-state index contributed by atoms with van der Waals surface area (Å²) >= 11 is 0. The van der Waals surface area contributed by atoms with Gasteiger partial charge < -0.3 is 27.9 Å². The van der Waals surface area contributed by atoms with Crippen LogP contribution in [0.2, 0.25) is 0 Å². The van der Waals surface area contributed by atoms with Crippen molar-refractivity contribution < 1.29 is 42.1 Å². The van der Waals surface area contributed by atoms with E-state index in [2.05, 4.69) is 13.8 Å². The molecule has 2 atom stereocenters. The molecule has 10 heteroatoms. The summed E-state index contributed by atoms with van der Waals surface area (Å²) in [7, 11) is 1.19. The number of likely N-dealkylation sites (N-methyl/N-ethyl adjacent to an activating group) is 1. The second-order valence-electron chi connectivity index (χ2n) is 24.9. The highest BCUT2D eigenvalue weighted by Crippen LogP contribution is 2.38. The Balaban J connectivity index is 3.82. The monoisotopic (exact) mass is 1110 g/mol. The van der Waals surface area contributed by atoms with Crippen LogP contribution in [0, 0.1) is 0 Å². The number of ether oxygens (including phenoxy) is 2. The zero-order valence-corrected chi connectivity index (χ0v) is 53.4. The summed E-state index contributed by atoms with van der Waals surface area (Å²) in [4.78, 5) is 37.9. The number of phosphoric ester groups is 1. The van der Waals surface area contributed by atoms with Gasteiger partial charge in [-0.3, -0.25) is 14.2 Å². The van der Waals surface area contributed by atoms with E-state index < -0.39 is 26.5 Å². The zero-order valence-electron chi connectivity index (χ0n) is 52.5. The van der Waals surface area contributed by atoms with Gasteiger partial charge >= 0.3 is 11.9 Å². The summed E-state index contributed by atoms with van der Waals surface area (Å²) in [6.07, 6.45) is 70.7. The molecule has 0 radical (unpaired) electrons. The van der Waals surface area contributed by atoms with Crippen molar-refractivity contribution in [3.05, 3.63) is 0 Å². The van der Waals surface area contributed by atoms with Gasteiger partial charge in [-0.1, -0.05) is 341 Å². The van der Waals surface area contributed by atoms with Gasteiger partial charge in [0.05, 0.1) is 27.7 Å². The fourth-order valence-electron chi connectivity index (χ4n) is 10.6. The van der Waals surface area contributed by atoms with Crippen LogP contribution >= 0.6 is 7.82 Å². The number of hydrogen-bond acceptors (Lipinski definition) is 8. The highest BCUT2D eigenvalue weighted by Gasteiger charge is 2.22. The summed E-state index contributed by atoms with van der Waals surface area (Å²) in [5.41, 5.74) is 0. The number of quaternary nitrogens is 1. The van der Waals surface area contributed by atoms with Crippen molar-refractivity contribution in [2.75, 3.05) is 47.5 Å². The summed E-state index contributed by atoms with van der Waals surface area (Å²) < 4.78 is 34.2. The molecule has 0 aromatic rings. The second kappa shape index (κ2) is 59.6. The topological polar surface area (TPSA) is 111 Å². The average Bonchev–Trinajstić information content (AvgIpc) is 3.39. The Labute approximate surface area is 480 Å². The summed E-state index contributed by atoms with van der Waals surface area (Å²) in [6, 6.07) is 0. The number of unbranched alkanes of at least 4 members (excludes halogenated alkanes) is 51. The molecule has 0 fully saturated rings. The molecule has 0 saturated heterocycles. The zero-order chi connectivity index (χ0) is 56.3. The summed E-state index contributed by atoms with van der Waals surface area (Å²) in [6.45, 7) is 4.31. The lowest BCUT2D eigenvalue weighted by Gasteiger charge is -2.28. The van der Waals surface area contributed by atoms with E-state index in [1.54, 1.807) is 0 Å². The van der Waals surface area contributed by atoms with E-state index >= 15 is 0 Å². The minimum absolute atomic E-state index is 0.0251. The first-order chi connectivity index (χ1) is 37.5. The number of carbonyl (C=O) groups is 2. The number of hydrogen-bond donors (Lipinski definition) is 0. The number of rotatable bonds is 65. The Morgan fingerprint density at radius 2 is 0.584 bits per heavy atom. The third kappa shape index (κ3) is 64.1. The largest absolute Gasteiger partial charge is 0.756 e.